The summed E-state index contributed by atoms with van der Waals surface area (Å²) in [7, 11) is 0. The molecular weight excluding hydrogens is 518 g/mol. The van der Waals surface area contributed by atoms with Gasteiger partial charge in [0.25, 0.3) is 0 Å². The van der Waals surface area contributed by atoms with Gasteiger partial charge in [-0.15, -0.1) is 0 Å². The van der Waals surface area contributed by atoms with E-state index in [1.165, 1.54) is 12.1 Å². The largest absolute Gasteiger partial charge is 0.454 e. The van der Waals surface area contributed by atoms with Gasteiger partial charge >= 0.3 is 18.4 Å². The number of anilines is 3. The number of aromatic nitrogens is 3. The van der Waals surface area contributed by atoms with Gasteiger partial charge in [0.1, 0.15) is 0 Å². The van der Waals surface area contributed by atoms with Crippen molar-refractivity contribution in [1.29, 1.82) is 0 Å². The molecule has 1 aliphatic heterocycles. The molecule has 1 saturated carbocycles. The van der Waals surface area contributed by atoms with E-state index in [0.717, 1.165) is 37.8 Å². The molecule has 0 atom stereocenters. The van der Waals surface area contributed by atoms with Crippen molar-refractivity contribution in [2.75, 3.05) is 30.3 Å². The molecule has 8 nitrogen and oxygen atoms in total. The number of nitrogens with one attached hydrogen (secondary N) is 2. The van der Waals surface area contributed by atoms with Crippen LogP contribution >= 0.6 is 0 Å². The first-order valence-corrected chi connectivity index (χ1v) is 12.4. The number of hydrogen-bond acceptors (Lipinski definition) is 7. The van der Waals surface area contributed by atoms with Gasteiger partial charge in [-0.25, -0.2) is 0 Å². The van der Waals surface area contributed by atoms with Crippen molar-refractivity contribution >= 4 is 23.5 Å². The first-order chi connectivity index (χ1) is 17.9. The number of hydrogen-bond donors (Lipinski definition) is 2. The van der Waals surface area contributed by atoms with E-state index >= 15 is 0 Å². The van der Waals surface area contributed by atoms with Crippen LogP contribution in [-0.2, 0) is 11.0 Å². The number of carbonyl (C=O) groups is 1. The third-order valence-corrected chi connectivity index (χ3v) is 6.54. The molecule has 14 heteroatoms. The predicted octanol–water partition coefficient (Wildman–Crippen LogP) is 5.56. The first-order valence-electron chi connectivity index (χ1n) is 12.4. The zero-order valence-corrected chi connectivity index (χ0v) is 20.4. The molecule has 38 heavy (non-hydrogen) atoms. The normalized spacial score (nSPS) is 17.5. The van der Waals surface area contributed by atoms with E-state index in [1.54, 1.807) is 0 Å². The van der Waals surface area contributed by atoms with Crippen LogP contribution in [-0.4, -0.2) is 57.7 Å². The molecule has 2 aliphatic rings. The number of likely N-dealkylation sites (tertiary alicyclic amines) is 1. The number of ether oxygens (including phenoxy) is 1. The number of nitrogens with zero attached hydrogens (tertiary/aromatic N) is 4. The fourth-order valence-electron chi connectivity index (χ4n) is 4.64. The van der Waals surface area contributed by atoms with Gasteiger partial charge in [0.2, 0.25) is 17.8 Å². The minimum Gasteiger partial charge on any atom is -0.454 e. The summed E-state index contributed by atoms with van der Waals surface area (Å²) in [6.07, 6.45) is -3.06. The molecule has 0 radical (unpaired) electrons. The van der Waals surface area contributed by atoms with Crippen LogP contribution in [0.3, 0.4) is 0 Å². The van der Waals surface area contributed by atoms with Crippen LogP contribution in [0.5, 0.6) is 6.01 Å². The topological polar surface area (TPSA) is 92.3 Å². The highest BCUT2D eigenvalue weighted by Gasteiger charge is 2.31. The number of carbonyl (C=O) groups excluding carboxylic acids is 1. The predicted molar refractivity (Wildman–Crippen MR) is 126 cm³/mol. The molecule has 1 aromatic heterocycles. The molecule has 1 amide bonds. The second kappa shape index (κ2) is 11.6. The Labute approximate surface area is 215 Å². The second-order valence-corrected chi connectivity index (χ2v) is 9.53. The Hall–Kier alpha value is -3.32. The molecule has 1 aromatic carbocycles. The summed E-state index contributed by atoms with van der Waals surface area (Å²) in [5.41, 5.74) is -0.939. The van der Waals surface area contributed by atoms with E-state index in [9.17, 15) is 31.1 Å². The standard InChI is InChI=1S/C24H28F6N6O2/c25-23(26,27)14-38-22-34-20(33-21(35-22)32-18-7-3-6-16(13-18)24(28,29)30)31-17-8-10-36(11-9-17)19(37)12-15-4-1-2-5-15/h3,6-7,13,15,17H,1-2,4-5,8-12,14H2,(H2,31,32,33,34,35). The fourth-order valence-corrected chi connectivity index (χ4v) is 4.64. The molecule has 2 heterocycles. The van der Waals surface area contributed by atoms with Crippen LogP contribution in [0.4, 0.5) is 43.9 Å². The molecule has 208 valence electrons. The average Bonchev–Trinajstić information content (AvgIpc) is 3.35. The van der Waals surface area contributed by atoms with Crippen molar-refractivity contribution in [3.05, 3.63) is 29.8 Å². The Morgan fingerprint density at radius 2 is 1.66 bits per heavy atom. The first kappa shape index (κ1) is 27.7. The van der Waals surface area contributed by atoms with Gasteiger partial charge in [0, 0.05) is 31.2 Å². The van der Waals surface area contributed by atoms with Gasteiger partial charge in [0.05, 0.1) is 5.56 Å². The number of alkyl halides is 6. The lowest BCUT2D eigenvalue weighted by atomic mass is 10.0. The quantitative estimate of drug-likeness (QED) is 0.419. The summed E-state index contributed by atoms with van der Waals surface area (Å²) in [5, 5.41) is 5.60. The summed E-state index contributed by atoms with van der Waals surface area (Å²) in [6, 6.07) is 3.40. The molecule has 1 saturated heterocycles. The van der Waals surface area contributed by atoms with E-state index in [1.807, 2.05) is 4.90 Å². The van der Waals surface area contributed by atoms with E-state index in [2.05, 4.69) is 30.3 Å². The third-order valence-electron chi connectivity index (χ3n) is 6.54. The highest BCUT2D eigenvalue weighted by atomic mass is 19.4. The number of benzene rings is 1. The van der Waals surface area contributed by atoms with Crippen molar-refractivity contribution in [3.8, 4) is 6.01 Å². The lowest BCUT2D eigenvalue weighted by Crippen LogP contribution is -2.43. The number of amides is 1. The monoisotopic (exact) mass is 546 g/mol. The minimum absolute atomic E-state index is 0.0205. The van der Waals surface area contributed by atoms with Crippen LogP contribution in [0.15, 0.2) is 24.3 Å². The molecule has 0 unspecified atom stereocenters. The van der Waals surface area contributed by atoms with E-state index in [0.29, 0.717) is 38.3 Å². The molecular formula is C24H28F6N6O2. The van der Waals surface area contributed by atoms with E-state index < -0.39 is 30.5 Å². The summed E-state index contributed by atoms with van der Waals surface area (Å²) >= 11 is 0. The average molecular weight is 547 g/mol. The molecule has 0 bridgehead atoms. The fraction of sp³-hybridized carbons (Fsp3) is 0.583. The maximum atomic E-state index is 13.1. The lowest BCUT2D eigenvalue weighted by molar-refractivity contribution is -0.154. The van der Waals surface area contributed by atoms with Gasteiger partial charge < -0.3 is 20.3 Å². The molecule has 2 N–H and O–H groups in total. The van der Waals surface area contributed by atoms with Crippen LogP contribution in [0.25, 0.3) is 0 Å². The van der Waals surface area contributed by atoms with Crippen molar-refractivity contribution in [2.24, 2.45) is 5.92 Å². The Bertz CT molecular complexity index is 1100. The smallest absolute Gasteiger partial charge is 0.422 e. The Morgan fingerprint density at radius 3 is 2.32 bits per heavy atom. The number of halogens is 6. The summed E-state index contributed by atoms with van der Waals surface area (Å²) in [5.74, 6) is 0.193. The maximum Gasteiger partial charge on any atom is 0.422 e. The summed E-state index contributed by atoms with van der Waals surface area (Å²) < 4.78 is 81.9. The number of piperidine rings is 1. The van der Waals surface area contributed by atoms with Gasteiger partial charge in [0.15, 0.2) is 6.61 Å². The highest BCUT2D eigenvalue weighted by molar-refractivity contribution is 5.76. The molecule has 4 rings (SSSR count). The molecule has 2 fully saturated rings. The van der Waals surface area contributed by atoms with Crippen LogP contribution in [0.1, 0.15) is 50.5 Å². The zero-order chi connectivity index (χ0) is 27.3. The highest BCUT2D eigenvalue weighted by Crippen LogP contribution is 2.32. The van der Waals surface area contributed by atoms with Crippen LogP contribution in [0, 0.1) is 5.92 Å². The van der Waals surface area contributed by atoms with Crippen molar-refractivity contribution in [3.63, 3.8) is 0 Å². The van der Waals surface area contributed by atoms with Gasteiger partial charge in [-0.2, -0.15) is 41.3 Å². The minimum atomic E-state index is -4.65. The van der Waals surface area contributed by atoms with Crippen molar-refractivity contribution < 1.29 is 35.9 Å². The van der Waals surface area contributed by atoms with Gasteiger partial charge in [-0.05, 0) is 49.8 Å². The molecule has 2 aromatic rings. The van der Waals surface area contributed by atoms with Gasteiger partial charge in [-0.1, -0.05) is 18.9 Å². The third kappa shape index (κ3) is 8.09. The van der Waals surface area contributed by atoms with Crippen molar-refractivity contribution in [1.82, 2.24) is 19.9 Å². The Balaban J connectivity index is 1.43. The summed E-state index contributed by atoms with van der Waals surface area (Å²) in [4.78, 5) is 26.2. The second-order valence-electron chi connectivity index (χ2n) is 9.53. The van der Waals surface area contributed by atoms with Crippen LogP contribution in [0.2, 0.25) is 0 Å². The number of rotatable bonds is 8. The molecule has 0 spiro atoms. The Kier molecular flexibility index (Phi) is 8.46. The maximum absolute atomic E-state index is 13.1. The van der Waals surface area contributed by atoms with Gasteiger partial charge in [-0.3, -0.25) is 4.79 Å². The van der Waals surface area contributed by atoms with E-state index in [4.69, 9.17) is 0 Å². The van der Waals surface area contributed by atoms with Crippen LogP contribution < -0.4 is 15.4 Å². The lowest BCUT2D eigenvalue weighted by Gasteiger charge is -2.33. The molecule has 1 aliphatic carbocycles. The van der Waals surface area contributed by atoms with Crippen molar-refractivity contribution in [2.45, 2.75) is 63.3 Å². The SMILES string of the molecule is O=C(CC1CCCC1)N1CCC(Nc2nc(Nc3cccc(C(F)(F)F)c3)nc(OCC(F)(F)F)n2)CC1. The van der Waals surface area contributed by atoms with E-state index in [-0.39, 0.29) is 29.5 Å². The zero-order valence-electron chi connectivity index (χ0n) is 20.4. The Morgan fingerprint density at radius 1 is 0.974 bits per heavy atom. The summed E-state index contributed by atoms with van der Waals surface area (Å²) in [6.45, 7) is -0.622.